The molecule has 3 aromatic carbocycles. The molecule has 8 rings (SSSR count). The van der Waals surface area contributed by atoms with Crippen LogP contribution in [0.15, 0.2) is 54.6 Å². The van der Waals surface area contributed by atoms with Gasteiger partial charge in [0.25, 0.3) is 0 Å². The van der Waals surface area contributed by atoms with Crippen molar-refractivity contribution in [3.8, 4) is 11.1 Å². The Bertz CT molecular complexity index is 1070. The summed E-state index contributed by atoms with van der Waals surface area (Å²) in [7, 11) is 0. The summed E-state index contributed by atoms with van der Waals surface area (Å²) in [4.78, 5) is 0. The fourth-order valence-electron chi connectivity index (χ4n) is 8.68. The molecule has 0 unspecified atom stereocenters. The van der Waals surface area contributed by atoms with E-state index in [0.29, 0.717) is 0 Å². The van der Waals surface area contributed by atoms with Gasteiger partial charge in [0.1, 0.15) is 0 Å². The topological polar surface area (TPSA) is 0 Å². The van der Waals surface area contributed by atoms with Gasteiger partial charge in [-0.05, 0) is 98.0 Å². The number of rotatable bonds is 4. The van der Waals surface area contributed by atoms with Crippen molar-refractivity contribution >= 4 is 10.8 Å². The molecular weight excluding hydrogens is 476 g/mol. The van der Waals surface area contributed by atoms with E-state index in [1.165, 1.54) is 86.1 Å². The molecule has 170 valence electrons. The van der Waals surface area contributed by atoms with Crippen LogP contribution in [0.25, 0.3) is 21.9 Å². The predicted molar refractivity (Wildman–Crippen MR) is 135 cm³/mol. The van der Waals surface area contributed by atoms with Gasteiger partial charge in [0, 0.05) is 26.2 Å². The average molecular weight is 513 g/mol. The van der Waals surface area contributed by atoms with Gasteiger partial charge < -0.3 is 0 Å². The fourth-order valence-corrected chi connectivity index (χ4v) is 8.68. The fraction of sp³-hybridized carbons (Fsp3) is 0.531. The average Bonchev–Trinajstić information content (AvgIpc) is 3.24. The second-order valence-electron chi connectivity index (χ2n) is 11.9. The molecule has 0 spiro atoms. The number of benzene rings is 2. The molecule has 0 amide bonds. The maximum atomic E-state index is 2.55. The Balaban J connectivity index is 0.00000206. The zero-order valence-electron chi connectivity index (χ0n) is 19.9. The molecule has 3 aromatic rings. The van der Waals surface area contributed by atoms with Crippen molar-refractivity contribution < 1.29 is 26.2 Å². The van der Waals surface area contributed by atoms with Crippen LogP contribution in [0, 0.1) is 29.6 Å². The van der Waals surface area contributed by atoms with Gasteiger partial charge in [0.15, 0.2) is 0 Å². The van der Waals surface area contributed by atoms with E-state index in [4.69, 9.17) is 0 Å². The monoisotopic (exact) mass is 511 g/mol. The summed E-state index contributed by atoms with van der Waals surface area (Å²) in [5.74, 6) is 5.96. The number of hydrogen-bond donors (Lipinski definition) is 0. The molecule has 0 heterocycles. The number of hydrogen-bond acceptors (Lipinski definition) is 0. The van der Waals surface area contributed by atoms with Gasteiger partial charge >= 0.3 is 0 Å². The van der Waals surface area contributed by atoms with Crippen LogP contribution in [0.4, 0.5) is 0 Å². The van der Waals surface area contributed by atoms with Crippen molar-refractivity contribution in [2.24, 2.45) is 29.6 Å². The number of fused-ring (bicyclic) bond motifs is 1. The molecule has 5 aliphatic rings. The molecule has 0 aliphatic heterocycles. The third-order valence-electron chi connectivity index (χ3n) is 10.0. The molecule has 0 aromatic heterocycles. The first kappa shape index (κ1) is 22.4. The van der Waals surface area contributed by atoms with Gasteiger partial charge in [-0.3, -0.25) is 0 Å². The molecule has 4 bridgehead atoms. The van der Waals surface area contributed by atoms with Gasteiger partial charge in [0.05, 0.1) is 0 Å². The van der Waals surface area contributed by atoms with Gasteiger partial charge in [0.2, 0.25) is 0 Å². The summed E-state index contributed by atoms with van der Waals surface area (Å²) in [5, 5.41) is 2.91. The Morgan fingerprint density at radius 3 is 2.15 bits per heavy atom. The second kappa shape index (κ2) is 9.18. The van der Waals surface area contributed by atoms with E-state index in [-0.39, 0.29) is 26.2 Å². The Hall–Kier alpha value is -1.07. The molecule has 5 fully saturated rings. The van der Waals surface area contributed by atoms with Gasteiger partial charge in [-0.2, -0.15) is 6.07 Å². The quantitative estimate of drug-likeness (QED) is 0.306. The van der Waals surface area contributed by atoms with Crippen molar-refractivity contribution in [1.29, 1.82) is 0 Å². The minimum Gasteiger partial charge on any atom is -0.164 e. The van der Waals surface area contributed by atoms with Crippen molar-refractivity contribution in [2.45, 2.75) is 76.5 Å². The van der Waals surface area contributed by atoms with E-state index >= 15 is 0 Å². The third-order valence-corrected chi connectivity index (χ3v) is 10.0. The third kappa shape index (κ3) is 4.16. The van der Waals surface area contributed by atoms with Crippen LogP contribution in [-0.4, -0.2) is 0 Å². The van der Waals surface area contributed by atoms with E-state index in [9.17, 15) is 0 Å². The Kier molecular flexibility index (Phi) is 6.23. The normalized spacial score (nSPS) is 31.1. The standard InChI is InChI=1S/C32H37.Zr/c1-2-5-24(6-3-1)25-9-11-26(12-10-25)30-8-4-7-27-14-23(20-32(27)30)19-31-28-15-21-13-22(17-28)18-29(31)16-21;/h4,7-12,14,20-22,24,28-29,31H,1-3,5-6,13,15-19H2;/q-1;. The first-order chi connectivity index (χ1) is 15.8. The van der Waals surface area contributed by atoms with Crippen LogP contribution in [0.5, 0.6) is 0 Å². The minimum absolute atomic E-state index is 0. The van der Waals surface area contributed by atoms with Crippen LogP contribution in [0.2, 0.25) is 0 Å². The predicted octanol–water partition coefficient (Wildman–Crippen LogP) is 8.89. The van der Waals surface area contributed by atoms with E-state index in [1.54, 1.807) is 17.5 Å². The molecule has 0 atom stereocenters. The van der Waals surface area contributed by atoms with Gasteiger partial charge in [-0.25, -0.2) is 0 Å². The Labute approximate surface area is 219 Å². The maximum Gasteiger partial charge on any atom is 0 e. The molecule has 0 nitrogen and oxygen atoms in total. The Morgan fingerprint density at radius 1 is 0.758 bits per heavy atom. The first-order valence-corrected chi connectivity index (χ1v) is 13.6. The molecule has 0 saturated heterocycles. The molecule has 5 saturated carbocycles. The SMILES string of the molecule is [Zr].c1cc(-c2ccc(C3CCCCC3)cc2)c2cc(CC3C4CC5CC(C4)CC3C5)[cH-]c2c1. The van der Waals surface area contributed by atoms with Crippen LogP contribution in [-0.2, 0) is 32.6 Å². The summed E-state index contributed by atoms with van der Waals surface area (Å²) >= 11 is 0. The van der Waals surface area contributed by atoms with E-state index in [0.717, 1.165) is 35.5 Å². The first-order valence-electron chi connectivity index (χ1n) is 13.6. The second-order valence-corrected chi connectivity index (χ2v) is 11.9. The summed E-state index contributed by atoms with van der Waals surface area (Å²) in [6.07, 6.45) is 16.0. The van der Waals surface area contributed by atoms with Crippen molar-refractivity contribution in [3.63, 3.8) is 0 Å². The van der Waals surface area contributed by atoms with Crippen LogP contribution >= 0.6 is 0 Å². The van der Waals surface area contributed by atoms with Crippen LogP contribution in [0.1, 0.15) is 81.3 Å². The largest absolute Gasteiger partial charge is 0.164 e. The van der Waals surface area contributed by atoms with E-state index in [1.807, 2.05) is 0 Å². The van der Waals surface area contributed by atoms with Crippen molar-refractivity contribution in [3.05, 3.63) is 65.7 Å². The maximum absolute atomic E-state index is 2.55. The van der Waals surface area contributed by atoms with Gasteiger partial charge in [-0.1, -0.05) is 55.2 Å². The molecule has 33 heavy (non-hydrogen) atoms. The van der Waals surface area contributed by atoms with Crippen LogP contribution in [0.3, 0.4) is 0 Å². The summed E-state index contributed by atoms with van der Waals surface area (Å²) in [6, 6.07) is 21.6. The van der Waals surface area contributed by atoms with E-state index in [2.05, 4.69) is 54.6 Å². The Morgan fingerprint density at radius 2 is 1.45 bits per heavy atom. The minimum atomic E-state index is 0. The summed E-state index contributed by atoms with van der Waals surface area (Å²) in [5.41, 5.74) is 5.98. The molecular formula is C32H37Zr-. The van der Waals surface area contributed by atoms with E-state index < -0.39 is 0 Å². The molecule has 1 heteroatoms. The summed E-state index contributed by atoms with van der Waals surface area (Å²) in [6.45, 7) is 0. The molecule has 0 radical (unpaired) electrons. The smallest absolute Gasteiger partial charge is 0 e. The molecule has 0 N–H and O–H groups in total. The van der Waals surface area contributed by atoms with Crippen molar-refractivity contribution in [2.75, 3.05) is 0 Å². The zero-order valence-corrected chi connectivity index (χ0v) is 22.4. The summed E-state index contributed by atoms with van der Waals surface area (Å²) < 4.78 is 0. The van der Waals surface area contributed by atoms with Crippen molar-refractivity contribution in [1.82, 2.24) is 0 Å². The van der Waals surface area contributed by atoms with Gasteiger partial charge in [-0.15, -0.1) is 34.5 Å². The molecule has 5 aliphatic carbocycles. The zero-order chi connectivity index (χ0) is 21.1. The van der Waals surface area contributed by atoms with Crippen LogP contribution < -0.4 is 0 Å².